The highest BCUT2D eigenvalue weighted by atomic mass is 16.5. The van der Waals surface area contributed by atoms with Gasteiger partial charge in [0, 0.05) is 26.7 Å². The maximum Gasteiger partial charge on any atom is 0.324 e. The number of carbonyl (C=O) groups excluding carboxylic acids is 2. The molecular formula is C18H25N5O3. The fraction of sp³-hybridized carbons (Fsp3) is 0.500. The van der Waals surface area contributed by atoms with E-state index in [0.29, 0.717) is 26.2 Å². The highest BCUT2D eigenvalue weighted by Gasteiger charge is 2.28. The van der Waals surface area contributed by atoms with E-state index in [0.717, 1.165) is 12.5 Å². The molecule has 3 amide bonds. The van der Waals surface area contributed by atoms with Crippen molar-refractivity contribution in [2.45, 2.75) is 13.0 Å². The number of aryl methyl sites for hydroxylation is 1. The van der Waals surface area contributed by atoms with Gasteiger partial charge < -0.3 is 20.3 Å². The molecular weight excluding hydrogens is 334 g/mol. The third-order valence-corrected chi connectivity index (χ3v) is 4.67. The van der Waals surface area contributed by atoms with Crippen molar-refractivity contribution in [2.24, 2.45) is 4.99 Å². The van der Waals surface area contributed by atoms with Crippen LogP contribution in [0.1, 0.15) is 17.2 Å². The van der Waals surface area contributed by atoms with Crippen molar-refractivity contribution in [2.75, 3.05) is 46.4 Å². The number of amides is 3. The Hall–Kier alpha value is -2.61. The summed E-state index contributed by atoms with van der Waals surface area (Å²) >= 11 is 0. The quantitative estimate of drug-likeness (QED) is 0.464. The number of carbonyl (C=O) groups is 2. The molecule has 26 heavy (non-hydrogen) atoms. The summed E-state index contributed by atoms with van der Waals surface area (Å²) in [6, 6.07) is 7.89. The summed E-state index contributed by atoms with van der Waals surface area (Å²) in [5, 5.41) is 5.76. The monoisotopic (exact) mass is 359 g/mol. The summed E-state index contributed by atoms with van der Waals surface area (Å²) in [7, 11) is 1.73. The Bertz CT molecular complexity index is 690. The molecule has 3 rings (SSSR count). The maximum atomic E-state index is 11.6. The number of hydrogen-bond donors (Lipinski definition) is 2. The van der Waals surface area contributed by atoms with Gasteiger partial charge in [-0.2, -0.15) is 0 Å². The van der Waals surface area contributed by atoms with E-state index in [1.807, 2.05) is 12.1 Å². The Balaban J connectivity index is 1.57. The van der Waals surface area contributed by atoms with Crippen molar-refractivity contribution in [3.8, 4) is 0 Å². The van der Waals surface area contributed by atoms with Gasteiger partial charge in [0.1, 0.15) is 6.10 Å². The van der Waals surface area contributed by atoms with Crippen LogP contribution in [0.3, 0.4) is 0 Å². The first-order chi connectivity index (χ1) is 12.6. The van der Waals surface area contributed by atoms with Crippen LogP contribution in [0, 0.1) is 6.92 Å². The van der Waals surface area contributed by atoms with Crippen LogP contribution in [0.15, 0.2) is 29.3 Å². The fourth-order valence-electron chi connectivity index (χ4n) is 3.27. The number of ether oxygens (including phenoxy) is 1. The van der Waals surface area contributed by atoms with Crippen molar-refractivity contribution < 1.29 is 14.3 Å². The first kappa shape index (κ1) is 18.2. The lowest BCUT2D eigenvalue weighted by molar-refractivity contribution is -0.124. The molecule has 2 aliphatic heterocycles. The van der Waals surface area contributed by atoms with Crippen molar-refractivity contribution in [3.63, 3.8) is 0 Å². The van der Waals surface area contributed by atoms with Crippen LogP contribution in [-0.2, 0) is 9.53 Å². The maximum absolute atomic E-state index is 11.6. The predicted octanol–water partition coefficient (Wildman–Crippen LogP) is 0.496. The number of aliphatic imine (C=N–C) groups is 1. The summed E-state index contributed by atoms with van der Waals surface area (Å²) in [5.41, 5.74) is 2.40. The Labute approximate surface area is 153 Å². The number of guanidine groups is 1. The topological polar surface area (TPSA) is 86.3 Å². The second-order valence-corrected chi connectivity index (χ2v) is 6.34. The van der Waals surface area contributed by atoms with Gasteiger partial charge in [-0.3, -0.25) is 14.7 Å². The lowest BCUT2D eigenvalue weighted by Gasteiger charge is -2.35. The highest BCUT2D eigenvalue weighted by Crippen LogP contribution is 2.24. The molecule has 0 aromatic heterocycles. The Morgan fingerprint density at radius 1 is 1.38 bits per heavy atom. The molecule has 0 bridgehead atoms. The molecule has 0 radical (unpaired) electrons. The Morgan fingerprint density at radius 2 is 2.19 bits per heavy atom. The average Bonchev–Trinajstić information content (AvgIpc) is 2.97. The largest absolute Gasteiger partial charge is 0.370 e. The van der Waals surface area contributed by atoms with Crippen molar-refractivity contribution in [3.05, 3.63) is 35.4 Å². The predicted molar refractivity (Wildman–Crippen MR) is 97.9 cm³/mol. The van der Waals surface area contributed by atoms with Crippen LogP contribution in [0.4, 0.5) is 4.79 Å². The molecule has 8 heteroatoms. The third-order valence-electron chi connectivity index (χ3n) is 4.67. The van der Waals surface area contributed by atoms with E-state index in [9.17, 15) is 9.59 Å². The van der Waals surface area contributed by atoms with E-state index < -0.39 is 0 Å². The van der Waals surface area contributed by atoms with E-state index in [1.54, 1.807) is 7.05 Å². The van der Waals surface area contributed by atoms with Gasteiger partial charge in [0.05, 0.1) is 19.7 Å². The van der Waals surface area contributed by atoms with Gasteiger partial charge in [0.2, 0.25) is 5.91 Å². The molecule has 0 spiro atoms. The van der Waals surface area contributed by atoms with E-state index in [4.69, 9.17) is 4.74 Å². The number of nitrogens with one attached hydrogen (secondary N) is 2. The molecule has 1 aromatic carbocycles. The lowest BCUT2D eigenvalue weighted by atomic mass is 10.0. The number of urea groups is 1. The van der Waals surface area contributed by atoms with E-state index >= 15 is 0 Å². The molecule has 1 aromatic rings. The molecule has 1 atom stereocenters. The molecule has 2 N–H and O–H groups in total. The normalized spacial score (nSPS) is 21.2. The van der Waals surface area contributed by atoms with Crippen LogP contribution >= 0.6 is 0 Å². The minimum atomic E-state index is -0.335. The number of benzene rings is 1. The summed E-state index contributed by atoms with van der Waals surface area (Å²) < 4.78 is 5.95. The van der Waals surface area contributed by atoms with Crippen LogP contribution in [0.2, 0.25) is 0 Å². The van der Waals surface area contributed by atoms with Gasteiger partial charge in [0.15, 0.2) is 5.96 Å². The van der Waals surface area contributed by atoms with E-state index in [2.05, 4.69) is 39.6 Å². The number of nitrogens with zero attached hydrogens (tertiary/aromatic N) is 3. The molecule has 2 heterocycles. The summed E-state index contributed by atoms with van der Waals surface area (Å²) in [4.78, 5) is 30.9. The Kier molecular flexibility index (Phi) is 5.72. The standard InChI is InChI=1S/C18H25N5O3/c1-13-5-3-4-6-14(13)15-12-22(9-10-26-15)17(19-2)20-7-8-23-16(24)11-21-18(23)25/h3-6,15H,7-12H2,1-2H3,(H,19,20)(H,21,25). The lowest BCUT2D eigenvalue weighted by Crippen LogP contribution is -2.50. The van der Waals surface area contributed by atoms with Crippen molar-refractivity contribution >= 4 is 17.9 Å². The van der Waals surface area contributed by atoms with Crippen LogP contribution in [0.5, 0.6) is 0 Å². The minimum Gasteiger partial charge on any atom is -0.370 e. The average molecular weight is 359 g/mol. The molecule has 2 saturated heterocycles. The van der Waals surface area contributed by atoms with Gasteiger partial charge in [-0.1, -0.05) is 24.3 Å². The minimum absolute atomic E-state index is 0.00515. The number of rotatable bonds is 4. The van der Waals surface area contributed by atoms with Gasteiger partial charge in [-0.15, -0.1) is 0 Å². The molecule has 1 unspecified atom stereocenters. The smallest absolute Gasteiger partial charge is 0.324 e. The van der Waals surface area contributed by atoms with Crippen LogP contribution in [-0.4, -0.2) is 74.1 Å². The Morgan fingerprint density at radius 3 is 2.88 bits per heavy atom. The van der Waals surface area contributed by atoms with Crippen molar-refractivity contribution in [1.82, 2.24) is 20.4 Å². The SMILES string of the molecule is CN=C(NCCN1C(=O)CNC1=O)N1CCOC(c2ccccc2C)C1. The molecule has 2 aliphatic rings. The zero-order valence-corrected chi connectivity index (χ0v) is 15.2. The zero-order chi connectivity index (χ0) is 18.5. The van der Waals surface area contributed by atoms with Gasteiger partial charge in [-0.25, -0.2) is 4.79 Å². The second kappa shape index (κ2) is 8.18. The summed E-state index contributed by atoms with van der Waals surface area (Å²) in [5.74, 6) is 0.553. The number of imide groups is 1. The van der Waals surface area contributed by atoms with Crippen molar-refractivity contribution in [1.29, 1.82) is 0 Å². The highest BCUT2D eigenvalue weighted by molar-refractivity contribution is 6.01. The molecule has 8 nitrogen and oxygen atoms in total. The van der Waals surface area contributed by atoms with Gasteiger partial charge in [-0.05, 0) is 18.1 Å². The third kappa shape index (κ3) is 3.96. The van der Waals surface area contributed by atoms with Crippen LogP contribution < -0.4 is 10.6 Å². The molecule has 140 valence electrons. The first-order valence-electron chi connectivity index (χ1n) is 8.81. The van der Waals surface area contributed by atoms with Crippen LogP contribution in [0.25, 0.3) is 0 Å². The van der Waals surface area contributed by atoms with E-state index in [1.165, 1.54) is 16.0 Å². The molecule has 0 aliphatic carbocycles. The first-order valence-corrected chi connectivity index (χ1v) is 8.81. The van der Waals surface area contributed by atoms with Gasteiger partial charge >= 0.3 is 6.03 Å². The zero-order valence-electron chi connectivity index (χ0n) is 15.2. The fourth-order valence-corrected chi connectivity index (χ4v) is 3.27. The molecule has 0 saturated carbocycles. The van der Waals surface area contributed by atoms with Gasteiger partial charge in [0.25, 0.3) is 0 Å². The van der Waals surface area contributed by atoms with E-state index in [-0.39, 0.29) is 24.6 Å². The second-order valence-electron chi connectivity index (χ2n) is 6.34. The summed E-state index contributed by atoms with van der Waals surface area (Å²) in [6.45, 7) is 5.00. The molecule has 2 fully saturated rings. The number of hydrogen-bond acceptors (Lipinski definition) is 4. The summed E-state index contributed by atoms with van der Waals surface area (Å²) in [6.07, 6.45) is -0.00515. The number of morpholine rings is 1.